The highest BCUT2D eigenvalue weighted by molar-refractivity contribution is 7.92. The number of carbonyl (C=O) groups is 1. The quantitative estimate of drug-likeness (QED) is 0.534. The highest BCUT2D eigenvalue weighted by Crippen LogP contribution is 2.27. The largest absolute Gasteiger partial charge is 0.319 e. The van der Waals surface area contributed by atoms with Crippen molar-refractivity contribution < 1.29 is 13.2 Å². The molecule has 136 valence electrons. The lowest BCUT2D eigenvalue weighted by Crippen LogP contribution is -2.19. The van der Waals surface area contributed by atoms with Gasteiger partial charge in [0.1, 0.15) is 5.75 Å². The van der Waals surface area contributed by atoms with Crippen molar-refractivity contribution in [3.63, 3.8) is 0 Å². The van der Waals surface area contributed by atoms with Gasteiger partial charge in [-0.15, -0.1) is 0 Å². The first-order valence-electron chi connectivity index (χ1n) is 8.28. The van der Waals surface area contributed by atoms with Gasteiger partial charge in [-0.2, -0.15) is 4.99 Å². The molecular weight excluding hydrogens is 380 g/mol. The van der Waals surface area contributed by atoms with Crippen molar-refractivity contribution >= 4 is 48.1 Å². The number of aryl methyl sites for hydroxylation is 1. The summed E-state index contributed by atoms with van der Waals surface area (Å²) in [7, 11) is -1.88. The molecule has 0 N–H and O–H groups in total. The van der Waals surface area contributed by atoms with Crippen molar-refractivity contribution in [2.45, 2.75) is 4.90 Å². The first-order valence-corrected chi connectivity index (χ1v) is 10.8. The summed E-state index contributed by atoms with van der Waals surface area (Å²) in [6, 6.07) is 20.0. The van der Waals surface area contributed by atoms with Crippen LogP contribution in [-0.4, -0.2) is 24.6 Å². The number of sulfone groups is 1. The van der Waals surface area contributed by atoms with Gasteiger partial charge >= 0.3 is 0 Å². The summed E-state index contributed by atoms with van der Waals surface area (Å²) in [4.78, 5) is 17.0. The molecule has 0 aliphatic heterocycles. The third kappa shape index (κ3) is 3.31. The molecule has 0 bridgehead atoms. The molecule has 0 unspecified atom stereocenters. The maximum Gasteiger partial charge on any atom is 0.263 e. The van der Waals surface area contributed by atoms with Crippen molar-refractivity contribution in [3.8, 4) is 0 Å². The Balaban J connectivity index is 1.76. The van der Waals surface area contributed by atoms with Crippen molar-refractivity contribution in [3.05, 3.63) is 71.5 Å². The molecule has 0 fully saturated rings. The molecule has 0 saturated heterocycles. The van der Waals surface area contributed by atoms with E-state index in [2.05, 4.69) is 4.99 Å². The monoisotopic (exact) mass is 396 g/mol. The number of hydrogen-bond acceptors (Lipinski definition) is 4. The number of hydrogen-bond donors (Lipinski definition) is 0. The van der Waals surface area contributed by atoms with Crippen LogP contribution in [0, 0.1) is 0 Å². The zero-order valence-corrected chi connectivity index (χ0v) is 16.1. The molecule has 7 heteroatoms. The van der Waals surface area contributed by atoms with Gasteiger partial charge in [0.15, 0.2) is 14.6 Å². The van der Waals surface area contributed by atoms with E-state index in [0.29, 0.717) is 4.80 Å². The normalized spacial score (nSPS) is 12.7. The van der Waals surface area contributed by atoms with Gasteiger partial charge in [-0.3, -0.25) is 4.79 Å². The highest BCUT2D eigenvalue weighted by atomic mass is 32.2. The maximum absolute atomic E-state index is 12.4. The number of aromatic nitrogens is 1. The van der Waals surface area contributed by atoms with Crippen LogP contribution in [0.3, 0.4) is 0 Å². The van der Waals surface area contributed by atoms with Crippen molar-refractivity contribution in [2.24, 2.45) is 12.0 Å². The van der Waals surface area contributed by atoms with E-state index in [9.17, 15) is 13.2 Å². The van der Waals surface area contributed by atoms with Crippen LogP contribution in [-0.2, 0) is 21.7 Å². The van der Waals surface area contributed by atoms with Gasteiger partial charge in [0.25, 0.3) is 5.91 Å². The Morgan fingerprint density at radius 1 is 1.00 bits per heavy atom. The Hall–Kier alpha value is -2.77. The van der Waals surface area contributed by atoms with Crippen LogP contribution in [0.15, 0.2) is 76.6 Å². The van der Waals surface area contributed by atoms with Crippen LogP contribution < -0.4 is 4.80 Å². The molecule has 1 aromatic heterocycles. The molecule has 0 radical (unpaired) electrons. The van der Waals surface area contributed by atoms with Gasteiger partial charge < -0.3 is 4.57 Å². The SMILES string of the molecule is Cn1c(=NC(=O)CS(=O)(=O)c2ccccc2)sc2c3ccccc3ccc21. The summed E-state index contributed by atoms with van der Waals surface area (Å²) in [6.07, 6.45) is 0. The van der Waals surface area contributed by atoms with E-state index in [0.717, 1.165) is 21.0 Å². The lowest BCUT2D eigenvalue weighted by Gasteiger charge is -2.01. The average molecular weight is 396 g/mol. The summed E-state index contributed by atoms with van der Waals surface area (Å²) < 4.78 is 27.6. The van der Waals surface area contributed by atoms with Gasteiger partial charge in [-0.05, 0) is 23.6 Å². The predicted octanol–water partition coefficient (Wildman–Crippen LogP) is 3.29. The van der Waals surface area contributed by atoms with E-state index in [4.69, 9.17) is 0 Å². The molecule has 0 saturated carbocycles. The molecule has 4 rings (SSSR count). The van der Waals surface area contributed by atoms with E-state index in [1.807, 2.05) is 48.0 Å². The fourth-order valence-electron chi connectivity index (χ4n) is 2.98. The zero-order valence-electron chi connectivity index (χ0n) is 14.5. The number of amides is 1. The molecule has 0 spiro atoms. The van der Waals surface area contributed by atoms with Crippen LogP contribution in [0.2, 0.25) is 0 Å². The molecule has 4 aromatic rings. The predicted molar refractivity (Wildman–Crippen MR) is 107 cm³/mol. The molecule has 0 aliphatic rings. The molecule has 1 heterocycles. The van der Waals surface area contributed by atoms with Crippen LogP contribution in [0.25, 0.3) is 21.0 Å². The Kier molecular flexibility index (Phi) is 4.41. The topological polar surface area (TPSA) is 68.5 Å². The average Bonchev–Trinajstić information content (AvgIpc) is 2.98. The summed E-state index contributed by atoms with van der Waals surface area (Å²) in [6.45, 7) is 0. The molecule has 3 aromatic carbocycles. The smallest absolute Gasteiger partial charge is 0.263 e. The molecule has 0 atom stereocenters. The second-order valence-electron chi connectivity index (χ2n) is 6.16. The number of carbonyl (C=O) groups excluding carboxylic acids is 1. The highest BCUT2D eigenvalue weighted by Gasteiger charge is 2.19. The van der Waals surface area contributed by atoms with E-state index in [-0.39, 0.29) is 4.90 Å². The van der Waals surface area contributed by atoms with Crippen LogP contribution >= 0.6 is 11.3 Å². The first-order chi connectivity index (χ1) is 13.0. The van der Waals surface area contributed by atoms with Crippen LogP contribution in [0.4, 0.5) is 0 Å². The van der Waals surface area contributed by atoms with E-state index >= 15 is 0 Å². The summed E-state index contributed by atoms with van der Waals surface area (Å²) in [5, 5.41) is 2.19. The van der Waals surface area contributed by atoms with E-state index < -0.39 is 21.5 Å². The van der Waals surface area contributed by atoms with Gasteiger partial charge in [0, 0.05) is 12.4 Å². The number of rotatable bonds is 3. The van der Waals surface area contributed by atoms with E-state index in [1.165, 1.54) is 23.5 Å². The molecule has 27 heavy (non-hydrogen) atoms. The second-order valence-corrected chi connectivity index (χ2v) is 9.12. The maximum atomic E-state index is 12.4. The minimum Gasteiger partial charge on any atom is -0.319 e. The molecular formula is C20H16N2O3S2. The number of thiazole rings is 1. The molecule has 1 amide bonds. The Labute approximate surface area is 160 Å². The second kappa shape index (κ2) is 6.75. The summed E-state index contributed by atoms with van der Waals surface area (Å²) in [5.41, 5.74) is 0.955. The Morgan fingerprint density at radius 3 is 2.48 bits per heavy atom. The fourth-order valence-corrected chi connectivity index (χ4v) is 5.28. The molecule has 5 nitrogen and oxygen atoms in total. The van der Waals surface area contributed by atoms with Gasteiger partial charge in [0.05, 0.1) is 15.1 Å². The minimum absolute atomic E-state index is 0.125. The third-order valence-electron chi connectivity index (χ3n) is 4.34. The summed E-state index contributed by atoms with van der Waals surface area (Å²) >= 11 is 1.38. The summed E-state index contributed by atoms with van der Waals surface area (Å²) in [5.74, 6) is -1.32. The minimum atomic E-state index is -3.71. The number of nitrogens with zero attached hydrogens (tertiary/aromatic N) is 2. The van der Waals surface area contributed by atoms with Gasteiger partial charge in [-0.1, -0.05) is 59.9 Å². The number of fused-ring (bicyclic) bond motifs is 3. The van der Waals surface area contributed by atoms with Crippen molar-refractivity contribution in [1.29, 1.82) is 0 Å². The molecule has 0 aliphatic carbocycles. The lowest BCUT2D eigenvalue weighted by molar-refractivity contribution is -0.115. The van der Waals surface area contributed by atoms with Gasteiger partial charge in [0.2, 0.25) is 0 Å². The fraction of sp³-hybridized carbons (Fsp3) is 0.100. The van der Waals surface area contributed by atoms with Crippen LogP contribution in [0.5, 0.6) is 0 Å². The number of benzene rings is 3. The van der Waals surface area contributed by atoms with Crippen LogP contribution in [0.1, 0.15) is 0 Å². The van der Waals surface area contributed by atoms with Crippen molar-refractivity contribution in [2.75, 3.05) is 5.75 Å². The van der Waals surface area contributed by atoms with Crippen molar-refractivity contribution in [1.82, 2.24) is 4.57 Å². The standard InChI is InChI=1S/C20H16N2O3S2/c1-22-17-12-11-14-7-5-6-10-16(14)19(17)26-20(22)21-18(23)13-27(24,25)15-8-3-2-4-9-15/h2-12H,13H2,1H3. The first kappa shape index (κ1) is 17.6. The zero-order chi connectivity index (χ0) is 19.0. The van der Waals surface area contributed by atoms with Gasteiger partial charge in [-0.25, -0.2) is 8.42 Å². The Morgan fingerprint density at radius 2 is 1.70 bits per heavy atom. The van der Waals surface area contributed by atoms with E-state index in [1.54, 1.807) is 18.2 Å². The lowest BCUT2D eigenvalue weighted by atomic mass is 10.1. The Bertz CT molecular complexity index is 1330. The third-order valence-corrected chi connectivity index (χ3v) is 7.13.